The number of carbonyl (C=O) groups excluding carboxylic acids is 1. The van der Waals surface area contributed by atoms with Gasteiger partial charge in [-0.2, -0.15) is 0 Å². The lowest BCUT2D eigenvalue weighted by Crippen LogP contribution is -2.41. The van der Waals surface area contributed by atoms with E-state index in [1.165, 1.54) is 29.7 Å². The van der Waals surface area contributed by atoms with E-state index < -0.39 is 0 Å². The van der Waals surface area contributed by atoms with Gasteiger partial charge in [0.15, 0.2) is 0 Å². The lowest BCUT2D eigenvalue weighted by atomic mass is 9.94. The molecule has 2 fully saturated rings. The van der Waals surface area contributed by atoms with E-state index in [0.29, 0.717) is 38.1 Å². The second kappa shape index (κ2) is 4.21. The smallest absolute Gasteiger partial charge is 0.257 e. The SMILES string of the molecule is Nc1sc2c(c1C(=O)N1CCOCC1)C1CCC2C1. The van der Waals surface area contributed by atoms with Crippen molar-refractivity contribution in [3.8, 4) is 0 Å². The average molecular weight is 278 g/mol. The molecule has 2 aliphatic carbocycles. The summed E-state index contributed by atoms with van der Waals surface area (Å²) < 4.78 is 5.32. The molecule has 3 aliphatic rings. The predicted octanol–water partition coefficient (Wildman–Crippen LogP) is 2.17. The van der Waals surface area contributed by atoms with E-state index in [9.17, 15) is 4.79 Å². The fourth-order valence-corrected chi connectivity index (χ4v) is 5.11. The number of hydrogen-bond acceptors (Lipinski definition) is 4. The highest BCUT2D eigenvalue weighted by atomic mass is 32.1. The number of rotatable bonds is 1. The molecule has 2 atom stereocenters. The highest BCUT2D eigenvalue weighted by Gasteiger charge is 2.43. The van der Waals surface area contributed by atoms with Crippen LogP contribution in [0.2, 0.25) is 0 Å². The molecule has 0 aromatic carbocycles. The number of amides is 1. The van der Waals surface area contributed by atoms with E-state index in [4.69, 9.17) is 10.5 Å². The number of carbonyl (C=O) groups is 1. The van der Waals surface area contributed by atoms with Gasteiger partial charge < -0.3 is 15.4 Å². The molecule has 0 radical (unpaired) electrons. The van der Waals surface area contributed by atoms with Crippen LogP contribution in [-0.2, 0) is 4.74 Å². The molecule has 2 N–H and O–H groups in total. The first kappa shape index (κ1) is 11.7. The number of fused-ring (bicyclic) bond motifs is 5. The van der Waals surface area contributed by atoms with Gasteiger partial charge in [-0.3, -0.25) is 4.79 Å². The van der Waals surface area contributed by atoms with E-state index in [2.05, 4.69) is 0 Å². The maximum Gasteiger partial charge on any atom is 0.257 e. The molecule has 2 heterocycles. The zero-order chi connectivity index (χ0) is 13.0. The second-order valence-corrected chi connectivity index (χ2v) is 6.81. The van der Waals surface area contributed by atoms with Crippen LogP contribution < -0.4 is 5.73 Å². The van der Waals surface area contributed by atoms with Crippen LogP contribution in [-0.4, -0.2) is 37.1 Å². The van der Waals surface area contributed by atoms with Gasteiger partial charge in [-0.15, -0.1) is 11.3 Å². The van der Waals surface area contributed by atoms with Crippen molar-refractivity contribution in [2.75, 3.05) is 32.0 Å². The van der Waals surface area contributed by atoms with E-state index in [0.717, 1.165) is 10.6 Å². The summed E-state index contributed by atoms with van der Waals surface area (Å²) in [5, 5.41) is 0.734. The first-order valence-electron chi connectivity index (χ1n) is 7.04. The molecule has 0 spiro atoms. The lowest BCUT2D eigenvalue weighted by molar-refractivity contribution is 0.0303. The van der Waals surface area contributed by atoms with Gasteiger partial charge >= 0.3 is 0 Å². The van der Waals surface area contributed by atoms with Crippen molar-refractivity contribution >= 4 is 22.2 Å². The Balaban J connectivity index is 1.72. The van der Waals surface area contributed by atoms with E-state index >= 15 is 0 Å². The molecule has 102 valence electrons. The minimum absolute atomic E-state index is 0.130. The van der Waals surface area contributed by atoms with Crippen molar-refractivity contribution in [3.05, 3.63) is 16.0 Å². The van der Waals surface area contributed by atoms with E-state index in [1.54, 1.807) is 11.3 Å². The van der Waals surface area contributed by atoms with E-state index in [1.807, 2.05) is 4.90 Å². The number of thiophene rings is 1. The highest BCUT2D eigenvalue weighted by Crippen LogP contribution is 2.58. The quantitative estimate of drug-likeness (QED) is 0.856. The predicted molar refractivity (Wildman–Crippen MR) is 74.8 cm³/mol. The van der Waals surface area contributed by atoms with Crippen molar-refractivity contribution in [2.45, 2.75) is 31.1 Å². The van der Waals surface area contributed by atoms with Gasteiger partial charge in [0.2, 0.25) is 0 Å². The summed E-state index contributed by atoms with van der Waals surface area (Å²) in [4.78, 5) is 16.0. The Labute approximate surface area is 116 Å². The largest absolute Gasteiger partial charge is 0.390 e. The minimum Gasteiger partial charge on any atom is -0.390 e. The highest BCUT2D eigenvalue weighted by molar-refractivity contribution is 7.16. The molecule has 19 heavy (non-hydrogen) atoms. The Bertz CT molecular complexity index is 534. The van der Waals surface area contributed by atoms with Crippen LogP contribution in [0.5, 0.6) is 0 Å². The van der Waals surface area contributed by atoms with Crippen LogP contribution in [0.15, 0.2) is 0 Å². The topological polar surface area (TPSA) is 55.6 Å². The fraction of sp³-hybridized carbons (Fsp3) is 0.643. The number of ether oxygens (including phenoxy) is 1. The van der Waals surface area contributed by atoms with Crippen LogP contribution >= 0.6 is 11.3 Å². The number of hydrogen-bond donors (Lipinski definition) is 1. The van der Waals surface area contributed by atoms with Crippen LogP contribution in [0.4, 0.5) is 5.00 Å². The third-order valence-corrected chi connectivity index (χ3v) is 5.92. The van der Waals surface area contributed by atoms with Crippen LogP contribution in [0.1, 0.15) is 51.9 Å². The number of nitrogens with zero attached hydrogens (tertiary/aromatic N) is 1. The van der Waals surface area contributed by atoms with Crippen LogP contribution in [0, 0.1) is 0 Å². The maximum absolute atomic E-state index is 12.7. The summed E-state index contributed by atoms with van der Waals surface area (Å²) in [5.74, 6) is 1.40. The Morgan fingerprint density at radius 3 is 2.79 bits per heavy atom. The summed E-state index contributed by atoms with van der Waals surface area (Å²) >= 11 is 1.66. The average Bonchev–Trinajstić information content (AvgIpc) is 3.10. The fourth-order valence-electron chi connectivity index (χ4n) is 3.82. The molecule has 4 nitrogen and oxygen atoms in total. The molecule has 1 saturated heterocycles. The summed E-state index contributed by atoms with van der Waals surface area (Å²) in [7, 11) is 0. The Morgan fingerprint density at radius 2 is 2.00 bits per heavy atom. The lowest BCUT2D eigenvalue weighted by Gasteiger charge is -2.27. The Kier molecular flexibility index (Phi) is 2.60. The molecular weight excluding hydrogens is 260 g/mol. The van der Waals surface area contributed by atoms with Gasteiger partial charge in [0, 0.05) is 18.0 Å². The van der Waals surface area contributed by atoms with Crippen molar-refractivity contribution in [1.29, 1.82) is 0 Å². The molecule has 1 saturated carbocycles. The first-order valence-corrected chi connectivity index (χ1v) is 7.86. The normalized spacial score (nSPS) is 28.7. The number of nitrogen functional groups attached to an aromatic ring is 1. The number of morpholine rings is 1. The van der Waals surface area contributed by atoms with Gasteiger partial charge in [-0.25, -0.2) is 0 Å². The number of anilines is 1. The maximum atomic E-state index is 12.7. The van der Waals surface area contributed by atoms with Gasteiger partial charge in [-0.05, 0) is 36.7 Å². The summed E-state index contributed by atoms with van der Waals surface area (Å²) in [6.07, 6.45) is 3.75. The molecule has 2 unspecified atom stereocenters. The molecule has 1 aromatic rings. The first-order chi connectivity index (χ1) is 9.25. The minimum atomic E-state index is 0.130. The Hall–Kier alpha value is -1.07. The van der Waals surface area contributed by atoms with Crippen molar-refractivity contribution < 1.29 is 9.53 Å². The number of nitrogens with two attached hydrogens (primary N) is 1. The van der Waals surface area contributed by atoms with Crippen LogP contribution in [0.3, 0.4) is 0 Å². The Morgan fingerprint density at radius 1 is 1.26 bits per heavy atom. The van der Waals surface area contributed by atoms with Gasteiger partial charge in [0.25, 0.3) is 5.91 Å². The molecule has 2 bridgehead atoms. The summed E-state index contributed by atoms with van der Waals surface area (Å²) in [6.45, 7) is 2.67. The van der Waals surface area contributed by atoms with Crippen molar-refractivity contribution in [3.63, 3.8) is 0 Å². The molecule has 4 rings (SSSR count). The standard InChI is InChI=1S/C14H18N2O2S/c15-13-11(14(17)16-3-5-18-6-4-16)10-8-1-2-9(7-8)12(10)19-13/h8-9H,1-7,15H2. The van der Waals surface area contributed by atoms with E-state index in [-0.39, 0.29) is 5.91 Å². The summed E-state index contributed by atoms with van der Waals surface area (Å²) in [5.41, 5.74) is 8.28. The zero-order valence-corrected chi connectivity index (χ0v) is 11.7. The second-order valence-electron chi connectivity index (χ2n) is 5.73. The third-order valence-electron chi connectivity index (χ3n) is 4.72. The van der Waals surface area contributed by atoms with Crippen molar-refractivity contribution in [2.24, 2.45) is 0 Å². The molecule has 1 aromatic heterocycles. The monoisotopic (exact) mass is 278 g/mol. The molecule has 5 heteroatoms. The van der Waals surface area contributed by atoms with Gasteiger partial charge in [0.1, 0.15) is 0 Å². The van der Waals surface area contributed by atoms with Gasteiger partial charge in [0.05, 0.1) is 23.8 Å². The van der Waals surface area contributed by atoms with Crippen molar-refractivity contribution in [1.82, 2.24) is 4.90 Å². The molecule has 1 amide bonds. The third kappa shape index (κ3) is 1.64. The van der Waals surface area contributed by atoms with Gasteiger partial charge in [-0.1, -0.05) is 0 Å². The van der Waals surface area contributed by atoms with Crippen LogP contribution in [0.25, 0.3) is 0 Å². The molecule has 1 aliphatic heterocycles. The molecular formula is C14H18N2O2S. The zero-order valence-electron chi connectivity index (χ0n) is 10.9. The summed E-state index contributed by atoms with van der Waals surface area (Å²) in [6, 6.07) is 0.